The maximum atomic E-state index is 13.1. The average molecular weight is 368 g/mol. The van der Waals surface area contributed by atoms with Gasteiger partial charge in [0.2, 0.25) is 4.96 Å². The topological polar surface area (TPSA) is 67.6 Å². The van der Waals surface area contributed by atoms with Crippen LogP contribution in [-0.2, 0) is 4.79 Å². The van der Waals surface area contributed by atoms with Gasteiger partial charge in [0.25, 0.3) is 11.5 Å². The normalized spacial score (nSPS) is 15.9. The van der Waals surface area contributed by atoms with Crippen molar-refractivity contribution in [3.05, 3.63) is 51.0 Å². The van der Waals surface area contributed by atoms with Crippen LogP contribution in [0.25, 0.3) is 10.5 Å². The number of thiazole rings is 1. The maximum Gasteiger partial charge on any atom is 0.291 e. The average Bonchev–Trinajstić information content (AvgIpc) is 3.30. The van der Waals surface area contributed by atoms with Crippen molar-refractivity contribution >= 4 is 33.5 Å². The number of unbranched alkanes of at least 4 members (excludes halogenated alkanes) is 4. The molecular weight excluding hydrogens is 348 g/mol. The Labute approximate surface area is 154 Å². The standard InChI is InChI=1S/C19H20N4O2S/c1-2-3-4-5-8-11-22-14-10-7-6-9-13(14)15(17(22)24)16-18(25)23-19(26-16)20-12-21-23/h6-7,9-10,12H,2-5,8,11H2,1H3. The number of hydrogen-bond donors (Lipinski definition) is 0. The zero-order chi connectivity index (χ0) is 18.1. The van der Waals surface area contributed by atoms with Crippen molar-refractivity contribution in [3.63, 3.8) is 0 Å². The highest BCUT2D eigenvalue weighted by Crippen LogP contribution is 2.35. The van der Waals surface area contributed by atoms with Crippen molar-refractivity contribution in [3.8, 4) is 0 Å². The quantitative estimate of drug-likeness (QED) is 0.627. The summed E-state index contributed by atoms with van der Waals surface area (Å²) in [6.07, 6.45) is 7.04. The highest BCUT2D eigenvalue weighted by molar-refractivity contribution is 7.15. The van der Waals surface area contributed by atoms with E-state index in [1.54, 1.807) is 0 Å². The second kappa shape index (κ2) is 6.99. The lowest BCUT2D eigenvalue weighted by Gasteiger charge is -2.16. The molecule has 26 heavy (non-hydrogen) atoms. The van der Waals surface area contributed by atoms with E-state index in [2.05, 4.69) is 17.0 Å². The van der Waals surface area contributed by atoms with Crippen molar-refractivity contribution in [2.24, 2.45) is 0 Å². The predicted octanol–water partition coefficient (Wildman–Crippen LogP) is 2.39. The number of carbonyl (C=O) groups is 1. The Balaban J connectivity index is 1.74. The van der Waals surface area contributed by atoms with Crippen LogP contribution in [0.5, 0.6) is 0 Å². The fraction of sp³-hybridized carbons (Fsp3) is 0.368. The molecule has 6 nitrogen and oxygen atoms in total. The lowest BCUT2D eigenvalue weighted by atomic mass is 10.1. The fourth-order valence-electron chi connectivity index (χ4n) is 3.42. The van der Waals surface area contributed by atoms with Gasteiger partial charge >= 0.3 is 0 Å². The predicted molar refractivity (Wildman–Crippen MR) is 102 cm³/mol. The number of para-hydroxylation sites is 1. The summed E-state index contributed by atoms with van der Waals surface area (Å²) in [6.45, 7) is 2.87. The fourth-order valence-corrected chi connectivity index (χ4v) is 4.40. The summed E-state index contributed by atoms with van der Waals surface area (Å²) in [6, 6.07) is 7.70. The Morgan fingerprint density at radius 2 is 1.88 bits per heavy atom. The molecule has 0 unspecified atom stereocenters. The van der Waals surface area contributed by atoms with Crippen molar-refractivity contribution in [1.82, 2.24) is 14.6 Å². The van der Waals surface area contributed by atoms with Crippen LogP contribution < -0.4 is 15.0 Å². The summed E-state index contributed by atoms with van der Waals surface area (Å²) in [5.74, 6) is -0.0942. The molecule has 0 spiro atoms. The first kappa shape index (κ1) is 16.9. The molecule has 3 heterocycles. The minimum absolute atomic E-state index is 0.0942. The smallest absolute Gasteiger partial charge is 0.291 e. The molecule has 0 aliphatic carbocycles. The van der Waals surface area contributed by atoms with Gasteiger partial charge in [-0.15, -0.1) is 0 Å². The third-order valence-electron chi connectivity index (χ3n) is 4.73. The van der Waals surface area contributed by atoms with Crippen LogP contribution in [0.2, 0.25) is 0 Å². The van der Waals surface area contributed by atoms with Gasteiger partial charge in [-0.2, -0.15) is 9.61 Å². The Morgan fingerprint density at radius 1 is 1.08 bits per heavy atom. The molecule has 1 aliphatic rings. The molecule has 0 fully saturated rings. The van der Waals surface area contributed by atoms with Crippen LogP contribution >= 0.6 is 11.3 Å². The number of rotatable bonds is 6. The van der Waals surface area contributed by atoms with Crippen molar-refractivity contribution in [1.29, 1.82) is 0 Å². The lowest BCUT2D eigenvalue weighted by Crippen LogP contribution is -2.33. The molecule has 0 saturated carbocycles. The molecule has 2 aromatic heterocycles. The van der Waals surface area contributed by atoms with Crippen molar-refractivity contribution < 1.29 is 4.79 Å². The summed E-state index contributed by atoms with van der Waals surface area (Å²) in [5.41, 5.74) is 1.93. The van der Waals surface area contributed by atoms with Gasteiger partial charge in [0, 0.05) is 12.1 Å². The number of hydrogen-bond acceptors (Lipinski definition) is 5. The zero-order valence-corrected chi connectivity index (χ0v) is 15.5. The Hall–Kier alpha value is -2.54. The van der Waals surface area contributed by atoms with Crippen LogP contribution in [0.1, 0.15) is 44.6 Å². The minimum atomic E-state index is -0.273. The van der Waals surface area contributed by atoms with E-state index in [4.69, 9.17) is 0 Å². The summed E-state index contributed by atoms with van der Waals surface area (Å²) in [4.78, 5) is 32.2. The SMILES string of the molecule is CCCCCCCN1C(=O)C(=c2sc3ncnn3c2=O)c2ccccc21. The van der Waals surface area contributed by atoms with Gasteiger partial charge < -0.3 is 4.90 Å². The second-order valence-corrected chi connectivity index (χ2v) is 7.43. The van der Waals surface area contributed by atoms with Gasteiger partial charge in [0.1, 0.15) is 10.9 Å². The molecule has 0 radical (unpaired) electrons. The minimum Gasteiger partial charge on any atom is -0.308 e. The van der Waals surface area contributed by atoms with E-state index < -0.39 is 0 Å². The first-order valence-corrected chi connectivity index (χ1v) is 9.82. The van der Waals surface area contributed by atoms with Gasteiger partial charge in [-0.3, -0.25) is 9.59 Å². The van der Waals surface area contributed by atoms with E-state index in [-0.39, 0.29) is 11.5 Å². The summed E-state index contributed by atoms with van der Waals surface area (Å²) in [5, 5.41) is 3.95. The number of carbonyl (C=O) groups excluding carboxylic acids is 1. The molecule has 1 amide bonds. The molecule has 4 rings (SSSR count). The number of aromatic nitrogens is 3. The highest BCUT2D eigenvalue weighted by Gasteiger charge is 2.33. The van der Waals surface area contributed by atoms with Crippen LogP contribution in [0, 0.1) is 0 Å². The first-order chi connectivity index (χ1) is 12.7. The molecule has 0 N–H and O–H groups in total. The van der Waals surface area contributed by atoms with Gasteiger partial charge in [0.15, 0.2) is 0 Å². The number of fused-ring (bicyclic) bond motifs is 2. The Kier molecular flexibility index (Phi) is 4.55. The molecule has 1 aromatic carbocycles. The molecule has 0 saturated heterocycles. The van der Waals surface area contributed by atoms with E-state index >= 15 is 0 Å². The second-order valence-electron chi connectivity index (χ2n) is 6.45. The van der Waals surface area contributed by atoms with E-state index in [1.165, 1.54) is 41.4 Å². The summed E-state index contributed by atoms with van der Waals surface area (Å²) < 4.78 is 1.68. The first-order valence-electron chi connectivity index (χ1n) is 9.00. The number of benzene rings is 1. The maximum absolute atomic E-state index is 13.1. The largest absolute Gasteiger partial charge is 0.308 e. The third-order valence-corrected chi connectivity index (χ3v) is 5.78. The Morgan fingerprint density at radius 3 is 2.69 bits per heavy atom. The van der Waals surface area contributed by atoms with Gasteiger partial charge in [-0.1, -0.05) is 62.1 Å². The van der Waals surface area contributed by atoms with Crippen LogP contribution in [0.15, 0.2) is 35.4 Å². The van der Waals surface area contributed by atoms with Gasteiger partial charge in [-0.05, 0) is 12.5 Å². The molecule has 134 valence electrons. The van der Waals surface area contributed by atoms with E-state index in [0.29, 0.717) is 21.6 Å². The monoisotopic (exact) mass is 368 g/mol. The summed E-state index contributed by atoms with van der Waals surface area (Å²) >= 11 is 1.22. The number of amides is 1. The van der Waals surface area contributed by atoms with Crippen molar-refractivity contribution in [2.45, 2.75) is 39.0 Å². The summed E-state index contributed by atoms with van der Waals surface area (Å²) in [7, 11) is 0. The molecular formula is C19H20N4O2S. The lowest BCUT2D eigenvalue weighted by molar-refractivity contribution is -0.113. The number of nitrogens with zero attached hydrogens (tertiary/aromatic N) is 4. The molecule has 0 bridgehead atoms. The van der Waals surface area contributed by atoms with E-state index in [1.807, 2.05) is 29.2 Å². The number of anilines is 1. The Bertz CT molecular complexity index is 1070. The molecule has 3 aromatic rings. The van der Waals surface area contributed by atoms with E-state index in [0.717, 1.165) is 24.1 Å². The van der Waals surface area contributed by atoms with Crippen LogP contribution in [-0.4, -0.2) is 27.0 Å². The molecule has 1 aliphatic heterocycles. The van der Waals surface area contributed by atoms with Gasteiger partial charge in [0.05, 0.1) is 11.3 Å². The van der Waals surface area contributed by atoms with Crippen LogP contribution in [0.4, 0.5) is 5.69 Å². The van der Waals surface area contributed by atoms with Gasteiger partial charge in [-0.25, -0.2) is 4.98 Å². The van der Waals surface area contributed by atoms with Crippen LogP contribution in [0.3, 0.4) is 0 Å². The van der Waals surface area contributed by atoms with E-state index in [9.17, 15) is 9.59 Å². The molecule has 0 atom stereocenters. The third kappa shape index (κ3) is 2.72. The van der Waals surface area contributed by atoms with Crippen molar-refractivity contribution in [2.75, 3.05) is 11.4 Å². The highest BCUT2D eigenvalue weighted by atomic mass is 32.1. The molecule has 7 heteroatoms. The zero-order valence-electron chi connectivity index (χ0n) is 14.6.